The van der Waals surface area contributed by atoms with E-state index in [2.05, 4.69) is 10.5 Å². The van der Waals surface area contributed by atoms with Crippen molar-refractivity contribution in [3.63, 3.8) is 0 Å². The normalized spacial score (nSPS) is 10.8. The first-order valence-electron chi connectivity index (χ1n) is 12.1. The van der Waals surface area contributed by atoms with Crippen LogP contribution >= 0.6 is 0 Å². The first-order chi connectivity index (χ1) is 18.6. The van der Waals surface area contributed by atoms with Crippen molar-refractivity contribution >= 4 is 28.9 Å². The Morgan fingerprint density at radius 2 is 1.66 bits per heavy atom. The molecule has 0 atom stereocenters. The van der Waals surface area contributed by atoms with Gasteiger partial charge < -0.3 is 18.9 Å². The fourth-order valence-corrected chi connectivity index (χ4v) is 3.59. The van der Waals surface area contributed by atoms with Crippen molar-refractivity contribution in [2.75, 3.05) is 20.3 Å². The number of hydrogen-bond acceptors (Lipinski definition) is 7. The lowest BCUT2D eigenvalue weighted by Gasteiger charge is -2.10. The molecule has 0 aliphatic rings. The second-order valence-electron chi connectivity index (χ2n) is 8.23. The van der Waals surface area contributed by atoms with Crippen molar-refractivity contribution in [3.8, 4) is 23.0 Å². The van der Waals surface area contributed by atoms with E-state index in [-0.39, 0.29) is 12.4 Å². The van der Waals surface area contributed by atoms with Gasteiger partial charge in [-0.3, -0.25) is 4.79 Å². The summed E-state index contributed by atoms with van der Waals surface area (Å²) in [5.41, 5.74) is 3.46. The van der Waals surface area contributed by atoms with Gasteiger partial charge in [0.2, 0.25) is 0 Å². The minimum Gasteiger partial charge on any atom is -0.494 e. The number of carbonyl (C=O) groups excluding carboxylic acids is 2. The molecule has 0 unspecified atom stereocenters. The maximum absolute atomic E-state index is 12.6. The van der Waals surface area contributed by atoms with Crippen molar-refractivity contribution in [2.45, 2.75) is 13.3 Å². The summed E-state index contributed by atoms with van der Waals surface area (Å²) < 4.78 is 22.1. The molecule has 8 heteroatoms. The van der Waals surface area contributed by atoms with Crippen LogP contribution in [-0.4, -0.2) is 38.4 Å². The molecule has 0 saturated heterocycles. The molecule has 0 fully saturated rings. The van der Waals surface area contributed by atoms with E-state index in [4.69, 9.17) is 18.9 Å². The lowest BCUT2D eigenvalue weighted by atomic mass is 10.1. The summed E-state index contributed by atoms with van der Waals surface area (Å²) in [6.45, 7) is 2.45. The minimum absolute atomic E-state index is 0.185. The van der Waals surface area contributed by atoms with Crippen LogP contribution in [0.1, 0.15) is 29.3 Å². The molecular weight excluding hydrogens is 484 g/mol. The zero-order chi connectivity index (χ0) is 26.7. The standard InChI is InChI=1S/C30H28N2O6/c1-3-17-36-24-14-12-23(13-15-24)30(34)38-27-16-11-21(18-28(27)35-2)19-31-32-29(33)20-37-26-10-6-8-22-7-4-5-9-25(22)26/h4-16,18-19H,3,17,20H2,1-2H3,(H,32,33)/b31-19-. The largest absolute Gasteiger partial charge is 0.494 e. The topological polar surface area (TPSA) is 95.5 Å². The number of fused-ring (bicyclic) bond motifs is 1. The molecule has 194 valence electrons. The van der Waals surface area contributed by atoms with Gasteiger partial charge in [-0.1, -0.05) is 43.3 Å². The van der Waals surface area contributed by atoms with Crippen LogP contribution in [0.4, 0.5) is 0 Å². The van der Waals surface area contributed by atoms with E-state index >= 15 is 0 Å². The fraction of sp³-hybridized carbons (Fsp3) is 0.167. The third kappa shape index (κ3) is 6.88. The average Bonchev–Trinajstić information content (AvgIpc) is 2.95. The van der Waals surface area contributed by atoms with Gasteiger partial charge in [-0.05, 0) is 65.9 Å². The number of nitrogens with one attached hydrogen (secondary N) is 1. The van der Waals surface area contributed by atoms with E-state index in [1.165, 1.54) is 13.3 Å². The van der Waals surface area contributed by atoms with E-state index in [0.717, 1.165) is 17.2 Å². The van der Waals surface area contributed by atoms with Crippen molar-refractivity contribution in [2.24, 2.45) is 5.10 Å². The Bertz CT molecular complexity index is 1430. The van der Waals surface area contributed by atoms with Crippen LogP contribution in [0, 0.1) is 0 Å². The van der Waals surface area contributed by atoms with Gasteiger partial charge in [0, 0.05) is 5.39 Å². The number of amides is 1. The molecule has 0 saturated carbocycles. The van der Waals surface area contributed by atoms with E-state index in [1.807, 2.05) is 49.4 Å². The molecule has 4 aromatic rings. The zero-order valence-corrected chi connectivity index (χ0v) is 21.2. The monoisotopic (exact) mass is 512 g/mol. The van der Waals surface area contributed by atoms with E-state index in [1.54, 1.807) is 42.5 Å². The van der Waals surface area contributed by atoms with Crippen molar-refractivity contribution in [1.82, 2.24) is 5.43 Å². The zero-order valence-electron chi connectivity index (χ0n) is 21.2. The summed E-state index contributed by atoms with van der Waals surface area (Å²) in [6.07, 6.45) is 2.36. The summed E-state index contributed by atoms with van der Waals surface area (Å²) in [7, 11) is 1.47. The number of nitrogens with zero attached hydrogens (tertiary/aromatic N) is 1. The van der Waals surface area contributed by atoms with Crippen LogP contribution < -0.4 is 24.4 Å². The van der Waals surface area contributed by atoms with Crippen LogP contribution in [0.3, 0.4) is 0 Å². The second-order valence-corrected chi connectivity index (χ2v) is 8.23. The Morgan fingerprint density at radius 3 is 2.45 bits per heavy atom. The van der Waals surface area contributed by atoms with Gasteiger partial charge in [-0.25, -0.2) is 10.2 Å². The SMILES string of the molecule is CCCOc1ccc(C(=O)Oc2ccc(/C=N\NC(=O)COc3cccc4ccccc34)cc2OC)cc1. The van der Waals surface area contributed by atoms with E-state index in [0.29, 0.717) is 35.0 Å². The molecule has 0 bridgehead atoms. The number of hydrogen-bond donors (Lipinski definition) is 1. The molecule has 38 heavy (non-hydrogen) atoms. The number of esters is 1. The van der Waals surface area contributed by atoms with Crippen molar-refractivity contribution in [3.05, 3.63) is 96.1 Å². The lowest BCUT2D eigenvalue weighted by Crippen LogP contribution is -2.24. The molecule has 0 aliphatic heterocycles. The molecule has 0 aromatic heterocycles. The van der Waals surface area contributed by atoms with Crippen LogP contribution in [0.5, 0.6) is 23.0 Å². The smallest absolute Gasteiger partial charge is 0.343 e. The molecule has 0 heterocycles. The van der Waals surface area contributed by atoms with Crippen LogP contribution in [0.2, 0.25) is 0 Å². The Morgan fingerprint density at radius 1 is 0.868 bits per heavy atom. The molecule has 0 aliphatic carbocycles. The highest BCUT2D eigenvalue weighted by molar-refractivity contribution is 5.92. The molecule has 8 nitrogen and oxygen atoms in total. The van der Waals surface area contributed by atoms with Crippen LogP contribution in [-0.2, 0) is 4.79 Å². The first-order valence-corrected chi connectivity index (χ1v) is 12.1. The Balaban J connectivity index is 1.32. The van der Waals surface area contributed by atoms with E-state index < -0.39 is 11.9 Å². The summed E-state index contributed by atoms with van der Waals surface area (Å²) >= 11 is 0. The average molecular weight is 513 g/mol. The quantitative estimate of drug-likeness (QED) is 0.125. The van der Waals surface area contributed by atoms with Gasteiger partial charge in [-0.15, -0.1) is 0 Å². The van der Waals surface area contributed by atoms with E-state index in [9.17, 15) is 9.59 Å². The third-order valence-electron chi connectivity index (χ3n) is 5.46. The Kier molecular flexibility index (Phi) is 8.91. The number of ether oxygens (including phenoxy) is 4. The predicted octanol–water partition coefficient (Wildman–Crippen LogP) is 5.39. The maximum atomic E-state index is 12.6. The fourth-order valence-electron chi connectivity index (χ4n) is 3.59. The molecule has 1 amide bonds. The number of methoxy groups -OCH3 is 1. The van der Waals surface area contributed by atoms with Crippen LogP contribution in [0.25, 0.3) is 10.8 Å². The summed E-state index contributed by atoms with van der Waals surface area (Å²) in [5, 5.41) is 5.94. The Labute approximate surface area is 220 Å². The molecule has 0 spiro atoms. The number of carbonyl (C=O) groups is 2. The maximum Gasteiger partial charge on any atom is 0.343 e. The van der Waals surface area contributed by atoms with Gasteiger partial charge in [-0.2, -0.15) is 5.10 Å². The Hall–Kier alpha value is -4.85. The molecule has 1 N–H and O–H groups in total. The molecule has 4 rings (SSSR count). The highest BCUT2D eigenvalue weighted by atomic mass is 16.6. The highest BCUT2D eigenvalue weighted by Crippen LogP contribution is 2.29. The van der Waals surface area contributed by atoms with Gasteiger partial charge in [0.05, 0.1) is 25.5 Å². The molecule has 4 aromatic carbocycles. The minimum atomic E-state index is -0.523. The molecule has 0 radical (unpaired) electrons. The molecular formula is C30H28N2O6. The first kappa shape index (κ1) is 26.2. The summed E-state index contributed by atoms with van der Waals surface area (Å²) in [6, 6.07) is 25.1. The van der Waals surface area contributed by atoms with Crippen molar-refractivity contribution < 1.29 is 28.5 Å². The summed E-state index contributed by atoms with van der Waals surface area (Å²) in [5.74, 6) is 0.988. The van der Waals surface area contributed by atoms with Crippen LogP contribution in [0.15, 0.2) is 90.0 Å². The van der Waals surface area contributed by atoms with Crippen molar-refractivity contribution in [1.29, 1.82) is 0 Å². The number of rotatable bonds is 11. The lowest BCUT2D eigenvalue weighted by molar-refractivity contribution is -0.123. The number of hydrazone groups is 1. The second kappa shape index (κ2) is 12.9. The van der Waals surface area contributed by atoms with Gasteiger partial charge in [0.1, 0.15) is 11.5 Å². The van der Waals surface area contributed by atoms with Gasteiger partial charge >= 0.3 is 5.97 Å². The summed E-state index contributed by atoms with van der Waals surface area (Å²) in [4.78, 5) is 24.8. The van der Waals surface area contributed by atoms with Gasteiger partial charge in [0.25, 0.3) is 5.91 Å². The van der Waals surface area contributed by atoms with Gasteiger partial charge in [0.15, 0.2) is 18.1 Å². The predicted molar refractivity (Wildman–Crippen MR) is 145 cm³/mol. The third-order valence-corrected chi connectivity index (χ3v) is 5.46. The highest BCUT2D eigenvalue weighted by Gasteiger charge is 2.13. The number of benzene rings is 4.